The average Bonchev–Trinajstić information content (AvgIpc) is 2.86. The van der Waals surface area contributed by atoms with Crippen molar-refractivity contribution in [2.45, 2.75) is 13.0 Å². The van der Waals surface area contributed by atoms with Crippen LogP contribution >= 0.6 is 25.9 Å². The Kier molecular flexibility index (Phi) is 6.26. The summed E-state index contributed by atoms with van der Waals surface area (Å²) in [5.74, 6) is 1.74. The van der Waals surface area contributed by atoms with Crippen LogP contribution in [0.4, 0.5) is 0 Å². The zero-order chi connectivity index (χ0) is 11.7. The van der Waals surface area contributed by atoms with E-state index in [0.717, 1.165) is 37.7 Å². The minimum Gasteiger partial charge on any atom is -0.454 e. The van der Waals surface area contributed by atoms with Crippen molar-refractivity contribution in [3.8, 4) is 11.5 Å². The van der Waals surface area contributed by atoms with Gasteiger partial charge in [0.15, 0.2) is 11.5 Å². The van der Waals surface area contributed by atoms with Crippen LogP contribution in [-0.4, -0.2) is 37.9 Å². The smallest absolute Gasteiger partial charge is 0.231 e. The van der Waals surface area contributed by atoms with Crippen LogP contribution in [0.25, 0.3) is 0 Å². The number of benzene rings is 1. The lowest BCUT2D eigenvalue weighted by molar-refractivity contribution is 0.173. The summed E-state index contributed by atoms with van der Waals surface area (Å²) in [7, 11) is 0. The summed E-state index contributed by atoms with van der Waals surface area (Å²) < 4.78 is 10.8. The molecule has 0 amide bonds. The molecule has 0 saturated carbocycles. The highest BCUT2D eigenvalue weighted by atomic mass is 35.5. The van der Waals surface area contributed by atoms with Crippen molar-refractivity contribution in [2.24, 2.45) is 0 Å². The Morgan fingerprint density at radius 1 is 1.16 bits per heavy atom. The van der Waals surface area contributed by atoms with E-state index in [4.69, 9.17) is 9.47 Å². The SMILES string of the molecule is C[C@@H](c1ccc2c(c1)OCO2)N1CCNCC1.Cl.S. The molecule has 2 aliphatic rings. The lowest BCUT2D eigenvalue weighted by Gasteiger charge is -2.33. The lowest BCUT2D eigenvalue weighted by atomic mass is 10.1. The summed E-state index contributed by atoms with van der Waals surface area (Å²) in [5, 5.41) is 3.38. The van der Waals surface area contributed by atoms with Crippen molar-refractivity contribution < 1.29 is 9.47 Å². The number of hydrogen-bond donors (Lipinski definition) is 1. The van der Waals surface area contributed by atoms with E-state index in [1.165, 1.54) is 5.56 Å². The van der Waals surface area contributed by atoms with Gasteiger partial charge in [0.1, 0.15) is 0 Å². The van der Waals surface area contributed by atoms with Crippen LogP contribution in [-0.2, 0) is 0 Å². The second-order valence-corrected chi connectivity index (χ2v) is 4.57. The number of halogens is 1. The van der Waals surface area contributed by atoms with Gasteiger partial charge >= 0.3 is 0 Å². The van der Waals surface area contributed by atoms with Gasteiger partial charge in [-0.1, -0.05) is 6.07 Å². The molecule has 4 nitrogen and oxygen atoms in total. The summed E-state index contributed by atoms with van der Waals surface area (Å²) in [6.45, 7) is 6.97. The molecule has 0 aromatic heterocycles. The first-order valence-electron chi connectivity index (χ1n) is 6.19. The fourth-order valence-corrected chi connectivity index (χ4v) is 2.45. The molecular formula is C13H21ClN2O2S. The molecule has 1 aromatic carbocycles. The van der Waals surface area contributed by atoms with E-state index < -0.39 is 0 Å². The minimum absolute atomic E-state index is 0. The summed E-state index contributed by atoms with van der Waals surface area (Å²) >= 11 is 0. The van der Waals surface area contributed by atoms with E-state index in [9.17, 15) is 0 Å². The number of nitrogens with zero attached hydrogens (tertiary/aromatic N) is 1. The highest BCUT2D eigenvalue weighted by molar-refractivity contribution is 7.59. The highest BCUT2D eigenvalue weighted by Gasteiger charge is 2.20. The third kappa shape index (κ3) is 3.48. The zero-order valence-corrected chi connectivity index (χ0v) is 12.8. The van der Waals surface area contributed by atoms with E-state index in [1.54, 1.807) is 0 Å². The monoisotopic (exact) mass is 304 g/mol. The van der Waals surface area contributed by atoms with Gasteiger partial charge in [0.25, 0.3) is 0 Å². The van der Waals surface area contributed by atoms with Crippen LogP contribution in [0, 0.1) is 0 Å². The molecule has 2 aliphatic heterocycles. The Morgan fingerprint density at radius 2 is 1.84 bits per heavy atom. The molecule has 1 fully saturated rings. The molecule has 0 unspecified atom stereocenters. The number of nitrogens with one attached hydrogen (secondary N) is 1. The van der Waals surface area contributed by atoms with Crippen LogP contribution in [0.1, 0.15) is 18.5 Å². The van der Waals surface area contributed by atoms with E-state index in [2.05, 4.69) is 29.3 Å². The van der Waals surface area contributed by atoms with Crippen molar-refractivity contribution >= 4 is 25.9 Å². The van der Waals surface area contributed by atoms with Crippen LogP contribution < -0.4 is 14.8 Å². The van der Waals surface area contributed by atoms with Crippen molar-refractivity contribution in [3.63, 3.8) is 0 Å². The van der Waals surface area contributed by atoms with Gasteiger partial charge in [-0.25, -0.2) is 0 Å². The van der Waals surface area contributed by atoms with Gasteiger partial charge in [-0.2, -0.15) is 13.5 Å². The maximum atomic E-state index is 5.42. The maximum Gasteiger partial charge on any atom is 0.231 e. The van der Waals surface area contributed by atoms with Gasteiger partial charge in [-0.05, 0) is 24.6 Å². The summed E-state index contributed by atoms with van der Waals surface area (Å²) in [6.07, 6.45) is 0. The molecule has 1 N–H and O–H groups in total. The largest absolute Gasteiger partial charge is 0.454 e. The van der Waals surface area contributed by atoms with Crippen molar-refractivity contribution in [2.75, 3.05) is 33.0 Å². The van der Waals surface area contributed by atoms with E-state index in [1.807, 2.05) is 6.07 Å². The number of fused-ring (bicyclic) bond motifs is 1. The molecule has 3 rings (SSSR count). The Morgan fingerprint density at radius 3 is 2.58 bits per heavy atom. The molecular weight excluding hydrogens is 284 g/mol. The third-order valence-electron chi connectivity index (χ3n) is 3.58. The third-order valence-corrected chi connectivity index (χ3v) is 3.58. The number of ether oxygens (including phenoxy) is 2. The standard InChI is InChI=1S/C13H18N2O2.ClH.H2S/c1-10(15-6-4-14-5-7-15)11-2-3-12-13(8-11)17-9-16-12;;/h2-3,8,10,14H,4-7,9H2,1H3;1H;1H2/t10-;;/m0../s1. The van der Waals surface area contributed by atoms with E-state index in [0.29, 0.717) is 12.8 Å². The first kappa shape index (κ1) is 16.4. The first-order valence-corrected chi connectivity index (χ1v) is 6.19. The Labute approximate surface area is 127 Å². The van der Waals surface area contributed by atoms with Gasteiger partial charge in [-0.3, -0.25) is 4.90 Å². The fourth-order valence-electron chi connectivity index (χ4n) is 2.45. The molecule has 108 valence electrons. The zero-order valence-electron chi connectivity index (χ0n) is 11.0. The van der Waals surface area contributed by atoms with Gasteiger partial charge in [-0.15, -0.1) is 12.4 Å². The quantitative estimate of drug-likeness (QED) is 0.905. The van der Waals surface area contributed by atoms with Gasteiger partial charge in [0.2, 0.25) is 6.79 Å². The molecule has 1 atom stereocenters. The van der Waals surface area contributed by atoms with E-state index >= 15 is 0 Å². The topological polar surface area (TPSA) is 33.7 Å². The van der Waals surface area contributed by atoms with Crippen LogP contribution in [0.2, 0.25) is 0 Å². The van der Waals surface area contributed by atoms with Gasteiger partial charge < -0.3 is 14.8 Å². The molecule has 1 saturated heterocycles. The van der Waals surface area contributed by atoms with Gasteiger partial charge in [0, 0.05) is 32.2 Å². The number of piperazine rings is 1. The Balaban J connectivity index is 0.000000902. The second kappa shape index (κ2) is 7.24. The molecule has 6 heteroatoms. The molecule has 1 aromatic rings. The summed E-state index contributed by atoms with van der Waals surface area (Å²) in [4.78, 5) is 2.49. The van der Waals surface area contributed by atoms with E-state index in [-0.39, 0.29) is 25.9 Å². The minimum atomic E-state index is 0. The molecule has 0 bridgehead atoms. The summed E-state index contributed by atoms with van der Waals surface area (Å²) in [6, 6.07) is 6.69. The predicted molar refractivity (Wildman–Crippen MR) is 83.1 cm³/mol. The van der Waals surface area contributed by atoms with Crippen LogP contribution in [0.3, 0.4) is 0 Å². The van der Waals surface area contributed by atoms with Crippen LogP contribution in [0.15, 0.2) is 18.2 Å². The Hall–Kier alpha value is -0.620. The molecule has 19 heavy (non-hydrogen) atoms. The van der Waals surface area contributed by atoms with Crippen molar-refractivity contribution in [1.82, 2.24) is 10.2 Å². The highest BCUT2D eigenvalue weighted by Crippen LogP contribution is 2.35. The predicted octanol–water partition coefficient (Wildman–Crippen LogP) is 1.92. The maximum absolute atomic E-state index is 5.42. The number of hydrogen-bond acceptors (Lipinski definition) is 4. The molecule has 2 heterocycles. The van der Waals surface area contributed by atoms with Crippen LogP contribution in [0.5, 0.6) is 11.5 Å². The van der Waals surface area contributed by atoms with Crippen molar-refractivity contribution in [1.29, 1.82) is 0 Å². The number of rotatable bonds is 2. The van der Waals surface area contributed by atoms with Gasteiger partial charge in [0.05, 0.1) is 0 Å². The summed E-state index contributed by atoms with van der Waals surface area (Å²) in [5.41, 5.74) is 1.30. The fraction of sp³-hybridized carbons (Fsp3) is 0.538. The normalized spacial score (nSPS) is 19.2. The Bertz CT molecular complexity index is 414. The lowest BCUT2D eigenvalue weighted by Crippen LogP contribution is -2.44. The second-order valence-electron chi connectivity index (χ2n) is 4.57. The van der Waals surface area contributed by atoms with Crippen molar-refractivity contribution in [3.05, 3.63) is 23.8 Å². The molecule has 0 aliphatic carbocycles. The first-order chi connectivity index (χ1) is 8.34. The molecule has 0 radical (unpaired) electrons. The molecule has 0 spiro atoms. The average molecular weight is 305 g/mol.